The molecule has 4 rings (SSSR count). The van der Waals surface area contributed by atoms with Crippen molar-refractivity contribution in [1.29, 1.82) is 0 Å². The van der Waals surface area contributed by atoms with Crippen molar-refractivity contribution in [2.24, 2.45) is 0 Å². The first kappa shape index (κ1) is 16.7. The summed E-state index contributed by atoms with van der Waals surface area (Å²) in [6, 6.07) is 6.34. The van der Waals surface area contributed by atoms with E-state index in [1.54, 1.807) is 13.1 Å². The van der Waals surface area contributed by atoms with Crippen LogP contribution in [0.1, 0.15) is 5.56 Å². The standard InChI is InChI=1S/C19H19F2N5/c1-11-18(22)16-14(3-2-13(20)17(16)21)25-19(11)12-4-5-24-15(10-12)26-8-6-23-7-9-26/h2-5,10,23H,6-9H2,1H3,(H2,22,25). The van der Waals surface area contributed by atoms with Crippen molar-refractivity contribution < 1.29 is 8.78 Å². The fraction of sp³-hybridized carbons (Fsp3) is 0.263. The Hall–Kier alpha value is -2.80. The molecule has 7 heteroatoms. The zero-order valence-corrected chi connectivity index (χ0v) is 14.4. The van der Waals surface area contributed by atoms with Crippen molar-refractivity contribution >= 4 is 22.4 Å². The number of pyridine rings is 2. The van der Waals surface area contributed by atoms with Crippen LogP contribution >= 0.6 is 0 Å². The minimum Gasteiger partial charge on any atom is -0.398 e. The van der Waals surface area contributed by atoms with Crippen LogP contribution in [0.2, 0.25) is 0 Å². The molecular weight excluding hydrogens is 336 g/mol. The summed E-state index contributed by atoms with van der Waals surface area (Å²) in [4.78, 5) is 11.2. The first-order chi connectivity index (χ1) is 12.6. The molecule has 1 aliphatic rings. The number of nitrogens with one attached hydrogen (secondary N) is 1. The lowest BCUT2D eigenvalue weighted by atomic mass is 10.0. The number of anilines is 2. The van der Waals surface area contributed by atoms with Crippen molar-refractivity contribution in [3.05, 3.63) is 47.7 Å². The minimum absolute atomic E-state index is 0.0302. The third-order valence-electron chi connectivity index (χ3n) is 4.79. The molecule has 0 bridgehead atoms. The van der Waals surface area contributed by atoms with Gasteiger partial charge in [0.2, 0.25) is 0 Å². The van der Waals surface area contributed by atoms with Crippen LogP contribution in [0.4, 0.5) is 20.3 Å². The molecule has 0 saturated carbocycles. The second-order valence-electron chi connectivity index (χ2n) is 6.39. The Morgan fingerprint density at radius 3 is 2.69 bits per heavy atom. The van der Waals surface area contributed by atoms with Gasteiger partial charge in [0.15, 0.2) is 11.6 Å². The van der Waals surface area contributed by atoms with Crippen molar-refractivity contribution in [1.82, 2.24) is 15.3 Å². The molecule has 0 radical (unpaired) electrons. The largest absolute Gasteiger partial charge is 0.398 e. The van der Waals surface area contributed by atoms with Gasteiger partial charge in [-0.2, -0.15) is 0 Å². The zero-order valence-electron chi connectivity index (χ0n) is 14.4. The third-order valence-corrected chi connectivity index (χ3v) is 4.79. The molecule has 3 aromatic rings. The van der Waals surface area contributed by atoms with E-state index >= 15 is 0 Å². The predicted octanol–water partition coefficient (Wildman–Crippen LogP) is 2.88. The fourth-order valence-corrected chi connectivity index (χ4v) is 3.32. The van der Waals surface area contributed by atoms with Crippen LogP contribution in [0, 0.1) is 18.6 Å². The van der Waals surface area contributed by atoms with Crippen molar-refractivity contribution in [2.45, 2.75) is 6.92 Å². The second-order valence-corrected chi connectivity index (χ2v) is 6.39. The molecule has 0 aliphatic carbocycles. The molecule has 1 aromatic carbocycles. The number of nitrogen functional groups attached to an aromatic ring is 1. The van der Waals surface area contributed by atoms with E-state index in [1.807, 2.05) is 12.1 Å². The quantitative estimate of drug-likeness (QED) is 0.740. The summed E-state index contributed by atoms with van der Waals surface area (Å²) in [6.07, 6.45) is 1.74. The Labute approximate surface area is 149 Å². The molecule has 2 aromatic heterocycles. The highest BCUT2D eigenvalue weighted by atomic mass is 19.2. The van der Waals surface area contributed by atoms with Crippen LogP contribution in [0.3, 0.4) is 0 Å². The van der Waals surface area contributed by atoms with Gasteiger partial charge in [0.25, 0.3) is 0 Å². The molecule has 26 heavy (non-hydrogen) atoms. The number of benzene rings is 1. The van der Waals surface area contributed by atoms with Crippen LogP contribution in [0.15, 0.2) is 30.5 Å². The monoisotopic (exact) mass is 355 g/mol. The number of nitrogens with two attached hydrogens (primary N) is 1. The number of fused-ring (bicyclic) bond motifs is 1. The number of hydrogen-bond donors (Lipinski definition) is 2. The molecule has 0 atom stereocenters. The van der Waals surface area contributed by atoms with E-state index in [2.05, 4.69) is 20.2 Å². The molecule has 0 unspecified atom stereocenters. The van der Waals surface area contributed by atoms with E-state index in [0.717, 1.165) is 43.6 Å². The van der Waals surface area contributed by atoms with Crippen molar-refractivity contribution in [2.75, 3.05) is 36.8 Å². The van der Waals surface area contributed by atoms with Gasteiger partial charge in [-0.25, -0.2) is 18.7 Å². The van der Waals surface area contributed by atoms with Gasteiger partial charge in [-0.3, -0.25) is 0 Å². The molecule has 1 saturated heterocycles. The molecule has 3 N–H and O–H groups in total. The number of nitrogens with zero attached hydrogens (tertiary/aromatic N) is 3. The second kappa shape index (κ2) is 6.49. The molecule has 0 spiro atoms. The molecule has 3 heterocycles. The van der Waals surface area contributed by atoms with E-state index in [1.165, 1.54) is 6.07 Å². The van der Waals surface area contributed by atoms with E-state index in [-0.39, 0.29) is 11.1 Å². The third kappa shape index (κ3) is 2.74. The fourth-order valence-electron chi connectivity index (χ4n) is 3.32. The number of aromatic nitrogens is 2. The summed E-state index contributed by atoms with van der Waals surface area (Å²) in [6.45, 7) is 5.36. The highest BCUT2D eigenvalue weighted by molar-refractivity contribution is 5.95. The van der Waals surface area contributed by atoms with E-state index in [0.29, 0.717) is 16.8 Å². The van der Waals surface area contributed by atoms with E-state index in [4.69, 9.17) is 5.73 Å². The summed E-state index contributed by atoms with van der Waals surface area (Å²) in [5.41, 5.74) is 8.80. The van der Waals surface area contributed by atoms with Gasteiger partial charge in [-0.15, -0.1) is 0 Å². The summed E-state index contributed by atoms with van der Waals surface area (Å²) >= 11 is 0. The van der Waals surface area contributed by atoms with Crippen LogP contribution < -0.4 is 16.0 Å². The van der Waals surface area contributed by atoms with Crippen molar-refractivity contribution in [3.63, 3.8) is 0 Å². The minimum atomic E-state index is -0.960. The van der Waals surface area contributed by atoms with Crippen LogP contribution in [0.5, 0.6) is 0 Å². The van der Waals surface area contributed by atoms with Gasteiger partial charge in [0, 0.05) is 43.6 Å². The lowest BCUT2D eigenvalue weighted by Gasteiger charge is -2.28. The van der Waals surface area contributed by atoms with Gasteiger partial charge in [-0.1, -0.05) is 0 Å². The molecule has 0 amide bonds. The number of hydrogen-bond acceptors (Lipinski definition) is 5. The van der Waals surface area contributed by atoms with E-state index < -0.39 is 11.6 Å². The summed E-state index contributed by atoms with van der Waals surface area (Å²) in [5, 5.41) is 3.34. The van der Waals surface area contributed by atoms with Gasteiger partial charge in [0.05, 0.1) is 16.6 Å². The normalized spacial score (nSPS) is 14.8. The Morgan fingerprint density at radius 1 is 1.15 bits per heavy atom. The molecule has 134 valence electrons. The molecule has 5 nitrogen and oxygen atoms in total. The highest BCUT2D eigenvalue weighted by Gasteiger charge is 2.18. The highest BCUT2D eigenvalue weighted by Crippen LogP contribution is 2.34. The maximum atomic E-state index is 14.2. The topological polar surface area (TPSA) is 67.1 Å². The lowest BCUT2D eigenvalue weighted by molar-refractivity contribution is 0.517. The average molecular weight is 355 g/mol. The lowest BCUT2D eigenvalue weighted by Crippen LogP contribution is -2.43. The van der Waals surface area contributed by atoms with Gasteiger partial charge >= 0.3 is 0 Å². The maximum absolute atomic E-state index is 14.2. The SMILES string of the molecule is Cc1c(-c2ccnc(N3CCNCC3)c2)nc2ccc(F)c(F)c2c1N. The number of halogens is 2. The average Bonchev–Trinajstić information content (AvgIpc) is 2.68. The number of rotatable bonds is 2. The Balaban J connectivity index is 1.84. The smallest absolute Gasteiger partial charge is 0.170 e. The first-order valence-electron chi connectivity index (χ1n) is 8.52. The van der Waals surface area contributed by atoms with Gasteiger partial charge < -0.3 is 16.0 Å². The van der Waals surface area contributed by atoms with Crippen LogP contribution in [-0.4, -0.2) is 36.1 Å². The summed E-state index contributed by atoms with van der Waals surface area (Å²) in [5.74, 6) is -1.02. The van der Waals surface area contributed by atoms with Crippen LogP contribution in [-0.2, 0) is 0 Å². The molecular formula is C19H19F2N5. The zero-order chi connectivity index (χ0) is 18.3. The summed E-state index contributed by atoms with van der Waals surface area (Å²) < 4.78 is 27.7. The first-order valence-corrected chi connectivity index (χ1v) is 8.52. The summed E-state index contributed by atoms with van der Waals surface area (Å²) in [7, 11) is 0. The Kier molecular flexibility index (Phi) is 4.16. The maximum Gasteiger partial charge on any atom is 0.170 e. The molecule has 1 aliphatic heterocycles. The van der Waals surface area contributed by atoms with Gasteiger partial charge in [-0.05, 0) is 36.8 Å². The Morgan fingerprint density at radius 2 is 1.92 bits per heavy atom. The van der Waals surface area contributed by atoms with Gasteiger partial charge in [0.1, 0.15) is 5.82 Å². The van der Waals surface area contributed by atoms with E-state index in [9.17, 15) is 8.78 Å². The molecule has 1 fully saturated rings. The number of piperazine rings is 1. The predicted molar refractivity (Wildman–Crippen MR) is 99.1 cm³/mol. The van der Waals surface area contributed by atoms with Crippen molar-refractivity contribution in [3.8, 4) is 11.3 Å². The Bertz CT molecular complexity index is 983. The van der Waals surface area contributed by atoms with Crippen LogP contribution in [0.25, 0.3) is 22.2 Å².